The second-order valence-corrected chi connectivity index (χ2v) is 2.36. The molecular weight excluding hydrogens is 84.1 g/mol. The first-order valence-electron chi connectivity index (χ1n) is 3.01. The molecule has 1 radical (unpaired) electrons. The van der Waals surface area contributed by atoms with Crippen molar-refractivity contribution in [3.8, 4) is 0 Å². The lowest BCUT2D eigenvalue weighted by atomic mass is 9.96. The van der Waals surface area contributed by atoms with Gasteiger partial charge in [0.2, 0.25) is 0 Å². The van der Waals surface area contributed by atoms with Crippen LogP contribution < -0.4 is 0 Å². The van der Waals surface area contributed by atoms with Crippen molar-refractivity contribution in [3.05, 3.63) is 6.92 Å². The Labute approximate surface area is 46.9 Å². The molecule has 0 aromatic rings. The fourth-order valence-corrected chi connectivity index (χ4v) is 0.402. The van der Waals surface area contributed by atoms with Crippen LogP contribution in [0.2, 0.25) is 0 Å². The van der Waals surface area contributed by atoms with Crippen LogP contribution in [-0.4, -0.2) is 0 Å². The van der Waals surface area contributed by atoms with Crippen molar-refractivity contribution >= 4 is 0 Å². The van der Waals surface area contributed by atoms with E-state index in [2.05, 4.69) is 27.7 Å². The van der Waals surface area contributed by atoms with E-state index in [1.807, 2.05) is 0 Å². The van der Waals surface area contributed by atoms with E-state index < -0.39 is 0 Å². The van der Waals surface area contributed by atoms with Crippen LogP contribution in [0.1, 0.15) is 27.2 Å². The summed E-state index contributed by atoms with van der Waals surface area (Å²) in [6.07, 6.45) is 1.25. The SMILES string of the molecule is [CH2]C(C)C(C)CC. The zero-order chi connectivity index (χ0) is 5.86. The number of rotatable bonds is 2. The van der Waals surface area contributed by atoms with Gasteiger partial charge in [0.05, 0.1) is 0 Å². The Hall–Kier alpha value is 0. The monoisotopic (exact) mass is 99.1 g/mol. The zero-order valence-corrected chi connectivity index (χ0v) is 5.57. The molecule has 7 heavy (non-hydrogen) atoms. The van der Waals surface area contributed by atoms with Gasteiger partial charge >= 0.3 is 0 Å². The van der Waals surface area contributed by atoms with Gasteiger partial charge in [-0.15, -0.1) is 0 Å². The van der Waals surface area contributed by atoms with Crippen LogP contribution in [0.3, 0.4) is 0 Å². The summed E-state index contributed by atoms with van der Waals surface area (Å²) >= 11 is 0. The molecule has 0 N–H and O–H groups in total. The Morgan fingerprint density at radius 2 is 1.86 bits per heavy atom. The Morgan fingerprint density at radius 3 is 1.86 bits per heavy atom. The third-order valence-electron chi connectivity index (χ3n) is 1.62. The first kappa shape index (κ1) is 7.00. The Bertz CT molecular complexity index is 37.3. The van der Waals surface area contributed by atoms with E-state index in [4.69, 9.17) is 0 Å². The van der Waals surface area contributed by atoms with E-state index >= 15 is 0 Å². The van der Waals surface area contributed by atoms with E-state index in [9.17, 15) is 0 Å². The highest BCUT2D eigenvalue weighted by Gasteiger charge is 2.01. The number of hydrogen-bond acceptors (Lipinski definition) is 0. The Kier molecular flexibility index (Phi) is 3.06. The summed E-state index contributed by atoms with van der Waals surface area (Å²) in [5.41, 5.74) is 0. The van der Waals surface area contributed by atoms with Gasteiger partial charge in [0.1, 0.15) is 0 Å². The Balaban J connectivity index is 3.14. The minimum absolute atomic E-state index is 0.616. The summed E-state index contributed by atoms with van der Waals surface area (Å²) in [6.45, 7) is 10.5. The predicted molar refractivity (Wildman–Crippen MR) is 34.0 cm³/mol. The van der Waals surface area contributed by atoms with Crippen LogP contribution >= 0.6 is 0 Å². The first-order chi connectivity index (χ1) is 3.18. The van der Waals surface area contributed by atoms with Gasteiger partial charge in [0.25, 0.3) is 0 Å². The van der Waals surface area contributed by atoms with E-state index in [1.54, 1.807) is 0 Å². The minimum Gasteiger partial charge on any atom is -0.0651 e. The van der Waals surface area contributed by atoms with Crippen molar-refractivity contribution in [2.24, 2.45) is 11.8 Å². The van der Waals surface area contributed by atoms with E-state index in [0.717, 1.165) is 5.92 Å². The molecule has 0 heteroatoms. The summed E-state index contributed by atoms with van der Waals surface area (Å²) in [7, 11) is 0. The van der Waals surface area contributed by atoms with Gasteiger partial charge < -0.3 is 0 Å². The average Bonchev–Trinajstić information content (AvgIpc) is 1.65. The van der Waals surface area contributed by atoms with Crippen molar-refractivity contribution in [1.82, 2.24) is 0 Å². The second-order valence-electron chi connectivity index (χ2n) is 2.36. The quantitative estimate of drug-likeness (QED) is 0.499. The van der Waals surface area contributed by atoms with Crippen molar-refractivity contribution in [2.75, 3.05) is 0 Å². The fourth-order valence-electron chi connectivity index (χ4n) is 0.402. The van der Waals surface area contributed by atoms with E-state index in [-0.39, 0.29) is 0 Å². The zero-order valence-electron chi connectivity index (χ0n) is 5.57. The lowest BCUT2D eigenvalue weighted by Gasteiger charge is -2.10. The normalized spacial score (nSPS) is 15.0. The highest BCUT2D eigenvalue weighted by molar-refractivity contribution is 4.60. The molecule has 2 unspecified atom stereocenters. The lowest BCUT2D eigenvalue weighted by Crippen LogP contribution is -2.00. The van der Waals surface area contributed by atoms with Crippen molar-refractivity contribution < 1.29 is 0 Å². The van der Waals surface area contributed by atoms with Gasteiger partial charge in [0, 0.05) is 0 Å². The summed E-state index contributed by atoms with van der Waals surface area (Å²) in [5, 5.41) is 0. The fraction of sp³-hybridized carbons (Fsp3) is 0.857. The molecule has 0 aliphatic carbocycles. The maximum Gasteiger partial charge on any atom is -0.0417 e. The molecule has 0 amide bonds. The third kappa shape index (κ3) is 2.67. The highest BCUT2D eigenvalue weighted by Crippen LogP contribution is 2.11. The highest BCUT2D eigenvalue weighted by atomic mass is 14.1. The van der Waals surface area contributed by atoms with Crippen LogP contribution in [0.15, 0.2) is 0 Å². The molecule has 0 fully saturated rings. The van der Waals surface area contributed by atoms with Gasteiger partial charge in [-0.1, -0.05) is 34.1 Å². The van der Waals surface area contributed by atoms with Gasteiger partial charge in [0.15, 0.2) is 0 Å². The average molecular weight is 99.2 g/mol. The van der Waals surface area contributed by atoms with Crippen LogP contribution in [0, 0.1) is 18.8 Å². The van der Waals surface area contributed by atoms with Gasteiger partial charge in [-0.2, -0.15) is 0 Å². The van der Waals surface area contributed by atoms with Crippen LogP contribution in [0.4, 0.5) is 0 Å². The molecule has 0 aromatic heterocycles. The van der Waals surface area contributed by atoms with Crippen molar-refractivity contribution in [2.45, 2.75) is 27.2 Å². The molecule has 0 bridgehead atoms. The second kappa shape index (κ2) is 3.06. The van der Waals surface area contributed by atoms with E-state index in [0.29, 0.717) is 5.92 Å². The molecule has 0 saturated heterocycles. The molecule has 0 nitrogen and oxygen atoms in total. The topological polar surface area (TPSA) is 0 Å². The summed E-state index contributed by atoms with van der Waals surface area (Å²) in [4.78, 5) is 0. The third-order valence-corrected chi connectivity index (χ3v) is 1.62. The van der Waals surface area contributed by atoms with Gasteiger partial charge in [-0.25, -0.2) is 0 Å². The molecule has 43 valence electrons. The molecule has 2 atom stereocenters. The largest absolute Gasteiger partial charge is 0.0651 e. The maximum absolute atomic E-state index is 3.91. The van der Waals surface area contributed by atoms with Crippen molar-refractivity contribution in [3.63, 3.8) is 0 Å². The molecule has 0 heterocycles. The van der Waals surface area contributed by atoms with Crippen LogP contribution in [0.5, 0.6) is 0 Å². The Morgan fingerprint density at radius 1 is 1.43 bits per heavy atom. The molecule has 0 aliphatic heterocycles. The van der Waals surface area contributed by atoms with Crippen molar-refractivity contribution in [1.29, 1.82) is 0 Å². The standard InChI is InChI=1S/C7H15/c1-5-7(4)6(2)3/h6-7H,2,5H2,1,3-4H3. The van der Waals surface area contributed by atoms with Crippen LogP contribution in [0.25, 0.3) is 0 Å². The predicted octanol–water partition coefficient (Wildman–Crippen LogP) is 2.50. The molecule has 0 spiro atoms. The number of hydrogen-bond donors (Lipinski definition) is 0. The lowest BCUT2D eigenvalue weighted by molar-refractivity contribution is 0.443. The molecule has 0 aliphatic rings. The first-order valence-corrected chi connectivity index (χ1v) is 3.01. The summed E-state index contributed by atoms with van der Waals surface area (Å²) in [5.74, 6) is 1.41. The van der Waals surface area contributed by atoms with E-state index in [1.165, 1.54) is 6.42 Å². The van der Waals surface area contributed by atoms with Gasteiger partial charge in [-0.05, 0) is 11.8 Å². The molecule has 0 saturated carbocycles. The summed E-state index contributed by atoms with van der Waals surface area (Å²) < 4.78 is 0. The molecular formula is C7H15. The smallest absolute Gasteiger partial charge is 0.0417 e. The molecule has 0 rings (SSSR count). The minimum atomic E-state index is 0.616. The maximum atomic E-state index is 3.91. The molecule has 0 aromatic carbocycles. The summed E-state index contributed by atoms with van der Waals surface area (Å²) in [6, 6.07) is 0. The van der Waals surface area contributed by atoms with Gasteiger partial charge in [-0.3, -0.25) is 0 Å². The van der Waals surface area contributed by atoms with Crippen LogP contribution in [-0.2, 0) is 0 Å².